The number of aryl methyl sites for hydroxylation is 1. The number of hydrogen-bond acceptors (Lipinski definition) is 7. The first-order valence-electron chi connectivity index (χ1n) is 9.20. The normalized spacial score (nSPS) is 21.6. The highest BCUT2D eigenvalue weighted by Crippen LogP contribution is 2.50. The number of benzene rings is 2. The second kappa shape index (κ2) is 6.25. The molecule has 5 rings (SSSR count). The number of hydrogen-bond donors (Lipinski definition) is 0. The number of rotatable bonds is 2. The van der Waals surface area contributed by atoms with Crippen LogP contribution in [-0.2, 0) is 0 Å². The number of nitriles is 2. The van der Waals surface area contributed by atoms with Crippen LogP contribution in [0.4, 0.5) is 11.6 Å². The van der Waals surface area contributed by atoms with Crippen molar-refractivity contribution in [1.82, 2.24) is 14.8 Å². The van der Waals surface area contributed by atoms with Gasteiger partial charge in [0.15, 0.2) is 6.04 Å². The van der Waals surface area contributed by atoms with Crippen LogP contribution in [-0.4, -0.2) is 27.9 Å². The van der Waals surface area contributed by atoms with Crippen molar-refractivity contribution in [1.29, 1.82) is 10.5 Å². The molecule has 8 nitrogen and oxygen atoms in total. The second-order valence-corrected chi connectivity index (χ2v) is 7.13. The van der Waals surface area contributed by atoms with E-state index in [9.17, 15) is 10.5 Å². The maximum Gasteiger partial charge on any atom is 0.251 e. The molecule has 29 heavy (non-hydrogen) atoms. The van der Waals surface area contributed by atoms with Crippen LogP contribution in [0.5, 0.6) is 5.75 Å². The Hall–Kier alpha value is -4.04. The van der Waals surface area contributed by atoms with Crippen molar-refractivity contribution in [3.63, 3.8) is 0 Å². The van der Waals surface area contributed by atoms with Crippen molar-refractivity contribution in [3.8, 4) is 23.6 Å². The molecule has 0 unspecified atom stereocenters. The summed E-state index contributed by atoms with van der Waals surface area (Å²) < 4.78 is 7.14. The van der Waals surface area contributed by atoms with Crippen LogP contribution >= 0.6 is 0 Å². The minimum Gasteiger partial charge on any atom is -0.497 e. The number of methoxy groups -OCH3 is 1. The molecule has 2 aliphatic heterocycles. The van der Waals surface area contributed by atoms with Gasteiger partial charge in [-0.3, -0.25) is 9.58 Å². The minimum absolute atomic E-state index is 0.346. The number of ether oxygens (including phenoxy) is 1. The second-order valence-electron chi connectivity index (χ2n) is 7.13. The average molecular weight is 383 g/mol. The van der Waals surface area contributed by atoms with Gasteiger partial charge in [0.2, 0.25) is 0 Å². The molecule has 1 fully saturated rings. The molecule has 0 radical (unpaired) electrons. The lowest BCUT2D eigenvalue weighted by atomic mass is 9.90. The summed E-state index contributed by atoms with van der Waals surface area (Å²) in [5.41, 5.74) is 3.85. The van der Waals surface area contributed by atoms with Crippen LogP contribution < -0.4 is 14.8 Å². The molecule has 142 valence electrons. The Morgan fingerprint density at radius 1 is 1.00 bits per heavy atom. The molecule has 0 amide bonds. The van der Waals surface area contributed by atoms with Gasteiger partial charge < -0.3 is 4.74 Å². The van der Waals surface area contributed by atoms with Gasteiger partial charge in [-0.05, 0) is 42.3 Å². The first-order chi connectivity index (χ1) is 14.2. The lowest BCUT2D eigenvalue weighted by Crippen LogP contribution is -2.46. The van der Waals surface area contributed by atoms with E-state index >= 15 is 0 Å². The van der Waals surface area contributed by atoms with E-state index in [1.165, 1.54) is 0 Å². The molecule has 2 aromatic carbocycles. The van der Waals surface area contributed by atoms with Crippen molar-refractivity contribution in [3.05, 3.63) is 59.9 Å². The maximum absolute atomic E-state index is 10.0. The lowest BCUT2D eigenvalue weighted by molar-refractivity contribution is 0.414. The predicted octanol–water partition coefficient (Wildman–Crippen LogP) is 2.91. The van der Waals surface area contributed by atoms with Crippen molar-refractivity contribution in [2.24, 2.45) is 5.92 Å². The summed E-state index contributed by atoms with van der Waals surface area (Å²) in [6.45, 7) is 2.02. The number of fused-ring (bicyclic) bond motifs is 6. The van der Waals surface area contributed by atoms with Gasteiger partial charge in [0.1, 0.15) is 18.0 Å². The molecule has 3 atom stereocenters. The summed E-state index contributed by atoms with van der Waals surface area (Å²) >= 11 is 0. The fourth-order valence-electron chi connectivity index (χ4n) is 4.23. The molecule has 0 N–H and O–H groups in total. The Kier molecular flexibility index (Phi) is 3.68. The van der Waals surface area contributed by atoms with Gasteiger partial charge in [-0.25, -0.2) is 5.01 Å². The van der Waals surface area contributed by atoms with Crippen LogP contribution in [0.25, 0.3) is 5.69 Å². The molecule has 0 aliphatic carbocycles. The van der Waals surface area contributed by atoms with Gasteiger partial charge in [-0.2, -0.15) is 10.5 Å². The van der Waals surface area contributed by atoms with E-state index in [1.54, 1.807) is 18.4 Å². The van der Waals surface area contributed by atoms with Crippen LogP contribution in [0.2, 0.25) is 0 Å². The molecule has 3 aromatic rings. The van der Waals surface area contributed by atoms with Gasteiger partial charge in [0.25, 0.3) is 5.95 Å². The fraction of sp³-hybridized carbons (Fsp3) is 0.238. The summed E-state index contributed by atoms with van der Waals surface area (Å²) in [5, 5.41) is 32.1. The largest absolute Gasteiger partial charge is 0.497 e. The van der Waals surface area contributed by atoms with Crippen molar-refractivity contribution in [2.45, 2.75) is 19.0 Å². The summed E-state index contributed by atoms with van der Waals surface area (Å²) in [7, 11) is 1.62. The molecular formula is C21H17N7O. The van der Waals surface area contributed by atoms with Crippen molar-refractivity contribution >= 4 is 11.6 Å². The topological polar surface area (TPSA) is 94.0 Å². The third kappa shape index (κ3) is 2.29. The smallest absolute Gasteiger partial charge is 0.251 e. The maximum atomic E-state index is 10.0. The SMILES string of the molecule is COc1ccc([C@@H]2[C@@H](C#N)[C@@H](C#N)N3c4nncn4-c4ccc(C)cc4N23)cc1. The standard InChI is InChI=1S/C21H17N7O/c1-13-3-8-17-18(9-13)27-20(14-4-6-15(29-2)7-5-14)16(10-22)19(11-23)28(27)21-25-24-12-26(17)21/h3-9,12,16,19-20H,1-2H3/t16-,19+,20+/m0/s1. The third-order valence-electron chi connectivity index (χ3n) is 5.55. The van der Waals surface area contributed by atoms with Crippen LogP contribution in [0, 0.1) is 35.5 Å². The van der Waals surface area contributed by atoms with E-state index in [0.29, 0.717) is 5.95 Å². The predicted molar refractivity (Wildman–Crippen MR) is 105 cm³/mol. The van der Waals surface area contributed by atoms with Gasteiger partial charge in [-0.15, -0.1) is 10.2 Å². The van der Waals surface area contributed by atoms with Crippen molar-refractivity contribution in [2.75, 3.05) is 17.1 Å². The zero-order valence-electron chi connectivity index (χ0n) is 15.9. The highest BCUT2D eigenvalue weighted by Gasteiger charge is 2.53. The molecule has 0 spiro atoms. The van der Waals surface area contributed by atoms with E-state index in [1.807, 2.05) is 52.9 Å². The molecule has 8 heteroatoms. The highest BCUT2D eigenvalue weighted by atomic mass is 16.5. The number of nitrogens with zero attached hydrogens (tertiary/aromatic N) is 7. The summed E-state index contributed by atoms with van der Waals surface area (Å²) in [4.78, 5) is 0. The monoisotopic (exact) mass is 383 g/mol. The fourth-order valence-corrected chi connectivity index (χ4v) is 4.23. The molecule has 3 heterocycles. The molecule has 0 saturated carbocycles. The quantitative estimate of drug-likeness (QED) is 0.671. The molecule has 2 aliphatic rings. The highest BCUT2D eigenvalue weighted by molar-refractivity contribution is 5.75. The Bertz CT molecular complexity index is 1170. The molecule has 1 saturated heterocycles. The zero-order chi connectivity index (χ0) is 20.1. The van der Waals surface area contributed by atoms with Gasteiger partial charge in [0.05, 0.1) is 36.7 Å². The number of aromatic nitrogens is 3. The number of hydrazine groups is 1. The first kappa shape index (κ1) is 17.1. The van der Waals surface area contributed by atoms with Crippen LogP contribution in [0.1, 0.15) is 17.2 Å². The van der Waals surface area contributed by atoms with E-state index in [-0.39, 0.29) is 6.04 Å². The van der Waals surface area contributed by atoms with E-state index < -0.39 is 12.0 Å². The molecule has 0 bridgehead atoms. The molecular weight excluding hydrogens is 366 g/mol. The van der Waals surface area contributed by atoms with E-state index in [2.05, 4.69) is 28.4 Å². The molecule has 1 aromatic heterocycles. The summed E-state index contributed by atoms with van der Waals surface area (Å²) in [6.07, 6.45) is 1.64. The minimum atomic E-state index is -0.691. The number of anilines is 2. The van der Waals surface area contributed by atoms with Gasteiger partial charge in [-0.1, -0.05) is 18.2 Å². The Balaban J connectivity index is 1.76. The zero-order valence-corrected chi connectivity index (χ0v) is 15.9. The van der Waals surface area contributed by atoms with E-state index in [0.717, 1.165) is 28.3 Å². The first-order valence-corrected chi connectivity index (χ1v) is 9.20. The van der Waals surface area contributed by atoms with Crippen LogP contribution in [0.15, 0.2) is 48.8 Å². The average Bonchev–Trinajstić information content (AvgIpc) is 3.36. The van der Waals surface area contributed by atoms with Crippen molar-refractivity contribution < 1.29 is 4.74 Å². The van der Waals surface area contributed by atoms with E-state index in [4.69, 9.17) is 4.74 Å². The Morgan fingerprint density at radius 2 is 1.79 bits per heavy atom. The van der Waals surface area contributed by atoms with Crippen LogP contribution in [0.3, 0.4) is 0 Å². The van der Waals surface area contributed by atoms with Gasteiger partial charge >= 0.3 is 0 Å². The Labute approximate surface area is 167 Å². The Morgan fingerprint density at radius 3 is 2.48 bits per heavy atom. The summed E-state index contributed by atoms with van der Waals surface area (Å²) in [6, 6.07) is 17.4. The van der Waals surface area contributed by atoms with Gasteiger partial charge in [0, 0.05) is 0 Å². The summed E-state index contributed by atoms with van der Waals surface area (Å²) in [5.74, 6) is 0.692. The lowest BCUT2D eigenvalue weighted by Gasteiger charge is -2.40. The third-order valence-corrected chi connectivity index (χ3v) is 5.55.